The van der Waals surface area contributed by atoms with Crippen LogP contribution in [0.1, 0.15) is 23.6 Å². The number of ether oxygens (including phenoxy) is 1. The fourth-order valence-electron chi connectivity index (χ4n) is 3.14. The number of amides is 1. The van der Waals surface area contributed by atoms with E-state index in [1.807, 2.05) is 37.3 Å². The summed E-state index contributed by atoms with van der Waals surface area (Å²) >= 11 is 0. The van der Waals surface area contributed by atoms with Crippen LogP contribution in [0.4, 0.5) is 0 Å². The summed E-state index contributed by atoms with van der Waals surface area (Å²) in [6.07, 6.45) is 1.52. The van der Waals surface area contributed by atoms with E-state index in [2.05, 4.69) is 15.2 Å². The first-order valence-corrected chi connectivity index (χ1v) is 12.2. The summed E-state index contributed by atoms with van der Waals surface area (Å²) in [5, 5.41) is 13.8. The Morgan fingerprint density at radius 2 is 1.79 bits per heavy atom. The van der Waals surface area contributed by atoms with Crippen molar-refractivity contribution in [1.29, 1.82) is 0 Å². The van der Waals surface area contributed by atoms with Gasteiger partial charge in [0, 0.05) is 0 Å². The fraction of sp³-hybridized carbons (Fsp3) is 0.200. The number of phenolic OH excluding ortho intramolecular Hbond substituents is 1. The molecule has 1 unspecified atom stereocenters. The van der Waals surface area contributed by atoms with E-state index in [-0.39, 0.29) is 17.1 Å². The molecule has 0 aliphatic heterocycles. The van der Waals surface area contributed by atoms with Crippen molar-refractivity contribution in [1.82, 2.24) is 10.1 Å². The largest absolute Gasteiger partial charge is 0.504 e. The van der Waals surface area contributed by atoms with Gasteiger partial charge in [0.25, 0.3) is 5.91 Å². The Morgan fingerprint density at radius 3 is 2.47 bits per heavy atom. The lowest BCUT2D eigenvalue weighted by Gasteiger charge is -2.17. The van der Waals surface area contributed by atoms with Gasteiger partial charge in [-0.05, 0) is 61.7 Å². The Labute approximate surface area is 199 Å². The molecule has 0 aliphatic rings. The highest BCUT2D eigenvalue weighted by atomic mass is 32.2. The predicted molar refractivity (Wildman–Crippen MR) is 130 cm³/mol. The van der Waals surface area contributed by atoms with Gasteiger partial charge >= 0.3 is 0 Å². The highest BCUT2D eigenvalue weighted by molar-refractivity contribution is 7.89. The number of hydrogen-bond acceptors (Lipinski definition) is 6. The summed E-state index contributed by atoms with van der Waals surface area (Å²) < 4.78 is 33.6. The highest BCUT2D eigenvalue weighted by Gasteiger charge is 2.26. The van der Waals surface area contributed by atoms with E-state index in [1.54, 1.807) is 31.2 Å². The Morgan fingerprint density at radius 1 is 1.09 bits per heavy atom. The van der Waals surface area contributed by atoms with Crippen LogP contribution >= 0.6 is 0 Å². The Balaban J connectivity index is 1.77. The number of nitrogens with zero attached hydrogens (tertiary/aromatic N) is 1. The highest BCUT2D eigenvalue weighted by Crippen LogP contribution is 2.26. The normalized spacial score (nSPS) is 12.4. The third-order valence-corrected chi connectivity index (χ3v) is 6.39. The van der Waals surface area contributed by atoms with Gasteiger partial charge in [0.15, 0.2) is 11.5 Å². The molecule has 178 valence electrons. The van der Waals surface area contributed by atoms with Crippen LogP contribution in [0.25, 0.3) is 0 Å². The minimum absolute atomic E-state index is 0.00327. The summed E-state index contributed by atoms with van der Waals surface area (Å²) in [7, 11) is -3.94. The maximum Gasteiger partial charge on any atom is 0.258 e. The number of hydrazone groups is 1. The van der Waals surface area contributed by atoms with E-state index in [0.717, 1.165) is 11.1 Å². The number of nitrogens with one attached hydrogen (secondary N) is 2. The molecule has 1 amide bonds. The molecule has 3 aromatic carbocycles. The number of carbonyl (C=O) groups is 1. The van der Waals surface area contributed by atoms with Crippen LogP contribution in [-0.2, 0) is 21.2 Å². The number of aryl methyl sites for hydroxylation is 1. The number of hydrogen-bond donors (Lipinski definition) is 3. The van der Waals surface area contributed by atoms with E-state index in [0.29, 0.717) is 17.9 Å². The number of rotatable bonds is 10. The molecular weight excluding hydrogens is 454 g/mol. The van der Waals surface area contributed by atoms with Crippen molar-refractivity contribution in [2.45, 2.75) is 31.2 Å². The molecule has 3 rings (SSSR count). The Kier molecular flexibility index (Phi) is 8.39. The number of sulfonamides is 1. The SMILES string of the molecule is CCOc1cc(C=NNC(=O)C(Cc2ccccc2)NS(=O)(=O)c2ccc(C)cc2)ccc1O. The zero-order valence-corrected chi connectivity index (χ0v) is 19.7. The first kappa shape index (κ1) is 24.9. The Hall–Kier alpha value is -3.69. The summed E-state index contributed by atoms with van der Waals surface area (Å²) in [6, 6.07) is 19.0. The van der Waals surface area contributed by atoms with Crippen LogP contribution in [0.2, 0.25) is 0 Å². The van der Waals surface area contributed by atoms with Crippen LogP contribution in [-0.4, -0.2) is 38.3 Å². The average molecular weight is 482 g/mol. The van der Waals surface area contributed by atoms with Crippen molar-refractivity contribution in [3.05, 3.63) is 89.5 Å². The second-order valence-electron chi connectivity index (χ2n) is 7.57. The molecule has 0 saturated carbocycles. The summed E-state index contributed by atoms with van der Waals surface area (Å²) in [5.41, 5.74) is 4.70. The van der Waals surface area contributed by atoms with E-state index >= 15 is 0 Å². The fourth-order valence-corrected chi connectivity index (χ4v) is 4.34. The first-order valence-electron chi connectivity index (χ1n) is 10.7. The minimum atomic E-state index is -3.94. The van der Waals surface area contributed by atoms with Crippen LogP contribution in [0.3, 0.4) is 0 Å². The third kappa shape index (κ3) is 6.90. The van der Waals surface area contributed by atoms with Gasteiger partial charge in [0.2, 0.25) is 10.0 Å². The topological polar surface area (TPSA) is 117 Å². The summed E-state index contributed by atoms with van der Waals surface area (Å²) in [6.45, 7) is 4.04. The second-order valence-corrected chi connectivity index (χ2v) is 9.29. The van der Waals surface area contributed by atoms with Crippen LogP contribution in [0.15, 0.2) is 82.8 Å². The van der Waals surface area contributed by atoms with E-state index in [1.165, 1.54) is 24.4 Å². The molecule has 9 heteroatoms. The molecule has 0 aromatic heterocycles. The van der Waals surface area contributed by atoms with Gasteiger partial charge in [0.1, 0.15) is 6.04 Å². The van der Waals surface area contributed by atoms with Gasteiger partial charge in [-0.1, -0.05) is 48.0 Å². The molecule has 8 nitrogen and oxygen atoms in total. The minimum Gasteiger partial charge on any atom is -0.504 e. The molecule has 0 aliphatic carbocycles. The Bertz CT molecular complexity index is 1240. The van der Waals surface area contributed by atoms with Crippen LogP contribution < -0.4 is 14.9 Å². The van der Waals surface area contributed by atoms with Crippen molar-refractivity contribution in [2.24, 2.45) is 5.10 Å². The standard InChI is InChI=1S/C25H27N3O5S/c1-3-33-24-16-20(11-14-23(24)29)17-26-27-25(30)22(15-19-7-5-4-6-8-19)28-34(31,32)21-12-9-18(2)10-13-21/h4-14,16-17,22,28-29H,3,15H2,1-2H3,(H,27,30). The van der Waals surface area contributed by atoms with Crippen molar-refractivity contribution < 1.29 is 23.1 Å². The van der Waals surface area contributed by atoms with Gasteiger partial charge in [-0.25, -0.2) is 13.8 Å². The second kappa shape index (κ2) is 11.4. The molecule has 3 N–H and O–H groups in total. The lowest BCUT2D eigenvalue weighted by Crippen LogP contribution is -2.46. The molecular formula is C25H27N3O5S. The molecule has 0 fully saturated rings. The third-order valence-electron chi connectivity index (χ3n) is 4.90. The number of carbonyl (C=O) groups excluding carboxylic acids is 1. The van der Waals surface area contributed by atoms with Crippen LogP contribution in [0.5, 0.6) is 11.5 Å². The van der Waals surface area contributed by atoms with E-state index in [4.69, 9.17) is 4.74 Å². The average Bonchev–Trinajstić information content (AvgIpc) is 2.81. The number of aromatic hydroxyl groups is 1. The van der Waals surface area contributed by atoms with Gasteiger partial charge in [0.05, 0.1) is 17.7 Å². The van der Waals surface area contributed by atoms with Crippen molar-refractivity contribution in [3.63, 3.8) is 0 Å². The zero-order chi connectivity index (χ0) is 24.6. The van der Waals surface area contributed by atoms with Gasteiger partial charge in [-0.15, -0.1) is 0 Å². The van der Waals surface area contributed by atoms with E-state index < -0.39 is 22.0 Å². The van der Waals surface area contributed by atoms with Crippen LogP contribution in [0, 0.1) is 6.92 Å². The molecule has 0 radical (unpaired) electrons. The maximum absolute atomic E-state index is 12.9. The lowest BCUT2D eigenvalue weighted by molar-refractivity contribution is -0.122. The molecule has 0 saturated heterocycles. The van der Waals surface area contributed by atoms with Crippen molar-refractivity contribution >= 4 is 22.1 Å². The quantitative estimate of drug-likeness (QED) is 0.304. The summed E-state index contributed by atoms with van der Waals surface area (Å²) in [5.74, 6) is -0.318. The summed E-state index contributed by atoms with van der Waals surface area (Å²) in [4.78, 5) is 13.0. The molecule has 34 heavy (non-hydrogen) atoms. The monoisotopic (exact) mass is 481 g/mol. The van der Waals surface area contributed by atoms with Crippen molar-refractivity contribution in [3.8, 4) is 11.5 Å². The molecule has 0 bridgehead atoms. The van der Waals surface area contributed by atoms with Gasteiger partial charge in [-0.3, -0.25) is 4.79 Å². The lowest BCUT2D eigenvalue weighted by atomic mass is 10.1. The molecule has 3 aromatic rings. The maximum atomic E-state index is 12.9. The number of phenols is 1. The predicted octanol–water partition coefficient (Wildman–Crippen LogP) is 3.14. The molecule has 0 spiro atoms. The van der Waals surface area contributed by atoms with Gasteiger partial charge < -0.3 is 9.84 Å². The van der Waals surface area contributed by atoms with Crippen molar-refractivity contribution in [2.75, 3.05) is 6.61 Å². The van der Waals surface area contributed by atoms with E-state index in [9.17, 15) is 18.3 Å². The molecule has 1 atom stereocenters. The zero-order valence-electron chi connectivity index (χ0n) is 18.9. The first-order chi connectivity index (χ1) is 16.3. The smallest absolute Gasteiger partial charge is 0.258 e. The van der Waals surface area contributed by atoms with Gasteiger partial charge in [-0.2, -0.15) is 9.82 Å². The number of benzene rings is 3. The molecule has 0 heterocycles.